The zero-order valence-electron chi connectivity index (χ0n) is 18.9. The molecule has 2 atom stereocenters. The summed E-state index contributed by atoms with van der Waals surface area (Å²) in [5, 5.41) is 27.9. The van der Waals surface area contributed by atoms with Crippen LogP contribution in [0.1, 0.15) is 19.4 Å². The summed E-state index contributed by atoms with van der Waals surface area (Å²) in [6.45, 7) is 4.33. The van der Waals surface area contributed by atoms with E-state index in [-0.39, 0.29) is 24.9 Å². The first-order valence-corrected chi connectivity index (χ1v) is 10.9. The highest BCUT2D eigenvalue weighted by Gasteiger charge is 2.34. The Morgan fingerprint density at radius 2 is 2.09 bits per heavy atom. The van der Waals surface area contributed by atoms with Crippen LogP contribution < -0.4 is 4.74 Å². The van der Waals surface area contributed by atoms with E-state index < -0.39 is 12.2 Å². The third-order valence-corrected chi connectivity index (χ3v) is 5.93. The molecule has 4 rings (SSSR count). The normalized spacial score (nSPS) is 16.8. The van der Waals surface area contributed by atoms with Gasteiger partial charge >= 0.3 is 0 Å². The fourth-order valence-corrected chi connectivity index (χ4v) is 3.80. The maximum absolute atomic E-state index is 12.2. The number of hydrogen-bond donors (Lipinski definition) is 3. The number of rotatable bonds is 7. The van der Waals surface area contributed by atoms with Crippen LogP contribution in [0.3, 0.4) is 0 Å². The van der Waals surface area contributed by atoms with E-state index in [4.69, 9.17) is 4.74 Å². The summed E-state index contributed by atoms with van der Waals surface area (Å²) in [4.78, 5) is 18.2. The number of benzene rings is 1. The summed E-state index contributed by atoms with van der Waals surface area (Å²) in [5.74, 6) is 0.0426. The quantitative estimate of drug-likeness (QED) is 0.479. The number of carbonyl (C=O) groups excluding carboxylic acids is 1. The molecular formula is C25H28N4O4. The van der Waals surface area contributed by atoms with Crippen molar-refractivity contribution in [2.24, 2.45) is 5.92 Å². The maximum Gasteiger partial charge on any atom is 0.252 e. The molecule has 1 amide bonds. The lowest BCUT2D eigenvalue weighted by Gasteiger charge is -2.37. The molecule has 1 aliphatic rings. The van der Waals surface area contributed by atoms with Crippen LogP contribution in [0.15, 0.2) is 54.8 Å². The molecule has 3 aromatic rings. The van der Waals surface area contributed by atoms with Crippen LogP contribution in [0.2, 0.25) is 0 Å². The van der Waals surface area contributed by atoms with Crippen molar-refractivity contribution in [2.45, 2.75) is 26.1 Å². The van der Waals surface area contributed by atoms with Gasteiger partial charge in [0.05, 0.1) is 18.9 Å². The summed E-state index contributed by atoms with van der Waals surface area (Å²) >= 11 is 0. The molecule has 1 aliphatic heterocycles. The zero-order chi connectivity index (χ0) is 23.5. The van der Waals surface area contributed by atoms with E-state index in [9.17, 15) is 15.0 Å². The number of β-amino-alcohol motifs (C(OH)–C–C–N with tert-alkyl or cyclic N) is 1. The second-order valence-corrected chi connectivity index (χ2v) is 8.33. The molecule has 0 spiro atoms. The number of allylic oxidation sites excluding steroid dienone is 3. The highest BCUT2D eigenvalue weighted by molar-refractivity contribution is 5.94. The van der Waals surface area contributed by atoms with Gasteiger partial charge in [-0.05, 0) is 36.3 Å². The van der Waals surface area contributed by atoms with E-state index in [1.807, 2.05) is 49.4 Å². The predicted molar refractivity (Wildman–Crippen MR) is 126 cm³/mol. The smallest absolute Gasteiger partial charge is 0.252 e. The molecule has 0 bridgehead atoms. The van der Waals surface area contributed by atoms with Crippen molar-refractivity contribution in [3.05, 3.63) is 60.3 Å². The van der Waals surface area contributed by atoms with E-state index in [1.165, 1.54) is 4.90 Å². The first kappa shape index (κ1) is 22.7. The van der Waals surface area contributed by atoms with Gasteiger partial charge in [0, 0.05) is 36.2 Å². The van der Waals surface area contributed by atoms with Gasteiger partial charge in [-0.3, -0.25) is 9.89 Å². The van der Waals surface area contributed by atoms with E-state index in [0.717, 1.165) is 33.5 Å². The molecule has 0 aliphatic carbocycles. The highest BCUT2D eigenvalue weighted by Crippen LogP contribution is 2.33. The van der Waals surface area contributed by atoms with Crippen LogP contribution in [-0.4, -0.2) is 68.6 Å². The number of aromatic nitrogens is 3. The SMILES string of the molecule is COc1ccccc1-c1[nH]nc2ncc(/C(C)=C/C=C\C(C)C(O)C(=O)N3CC(O)C3)cc12. The maximum atomic E-state index is 12.2. The fraction of sp³-hybridized carbons (Fsp3) is 0.320. The van der Waals surface area contributed by atoms with E-state index in [0.29, 0.717) is 5.65 Å². The Morgan fingerprint density at radius 1 is 1.33 bits per heavy atom. The minimum absolute atomic E-state index is 0.283. The number of nitrogens with zero attached hydrogens (tertiary/aromatic N) is 3. The minimum atomic E-state index is -1.13. The first-order valence-electron chi connectivity index (χ1n) is 10.9. The van der Waals surface area contributed by atoms with Gasteiger partial charge < -0.3 is 19.8 Å². The van der Waals surface area contributed by atoms with Crippen LogP contribution in [0.4, 0.5) is 0 Å². The number of fused-ring (bicyclic) bond motifs is 1. The standard InChI is InChI=1S/C25H28N4O4/c1-15(7-6-8-16(2)23(31)25(32)29-13-18(30)14-29)17-11-20-22(27-28-24(20)26-12-17)19-9-4-5-10-21(19)33-3/h4-12,16,18,23,30-31H,13-14H2,1-3H3,(H,26,27,28)/b8-6-,15-7+. The molecule has 3 N–H and O–H groups in total. The topological polar surface area (TPSA) is 112 Å². The summed E-state index contributed by atoms with van der Waals surface area (Å²) in [6.07, 6.45) is 5.71. The molecule has 0 radical (unpaired) electrons. The number of pyridine rings is 1. The molecule has 0 saturated carbocycles. The van der Waals surface area contributed by atoms with Crippen molar-refractivity contribution in [3.8, 4) is 17.0 Å². The number of H-pyrrole nitrogens is 1. The molecule has 8 heteroatoms. The molecule has 2 aromatic heterocycles. The van der Waals surface area contributed by atoms with Crippen LogP contribution >= 0.6 is 0 Å². The van der Waals surface area contributed by atoms with E-state index >= 15 is 0 Å². The van der Waals surface area contributed by atoms with Gasteiger partial charge in [0.25, 0.3) is 5.91 Å². The fourth-order valence-electron chi connectivity index (χ4n) is 3.80. The number of para-hydroxylation sites is 1. The lowest BCUT2D eigenvalue weighted by atomic mass is 10.00. The van der Waals surface area contributed by atoms with E-state index in [1.54, 1.807) is 26.3 Å². The number of aromatic amines is 1. The minimum Gasteiger partial charge on any atom is -0.496 e. The third-order valence-electron chi connectivity index (χ3n) is 5.93. The summed E-state index contributed by atoms with van der Waals surface area (Å²) in [5.41, 5.74) is 4.28. The van der Waals surface area contributed by atoms with Crippen LogP contribution in [0.5, 0.6) is 5.75 Å². The summed E-state index contributed by atoms with van der Waals surface area (Å²) < 4.78 is 5.49. The van der Waals surface area contributed by atoms with Gasteiger partial charge in [-0.15, -0.1) is 0 Å². The van der Waals surface area contributed by atoms with Crippen molar-refractivity contribution in [1.29, 1.82) is 0 Å². The number of nitrogens with one attached hydrogen (secondary N) is 1. The Hall–Kier alpha value is -3.49. The number of methoxy groups -OCH3 is 1. The second kappa shape index (κ2) is 9.56. The Morgan fingerprint density at radius 3 is 2.82 bits per heavy atom. The number of carbonyl (C=O) groups is 1. The zero-order valence-corrected chi connectivity index (χ0v) is 18.9. The molecule has 2 unspecified atom stereocenters. The lowest BCUT2D eigenvalue weighted by molar-refractivity contribution is -0.152. The number of hydrogen-bond acceptors (Lipinski definition) is 6. The van der Waals surface area contributed by atoms with Crippen LogP contribution in [0, 0.1) is 5.92 Å². The van der Waals surface area contributed by atoms with Crippen molar-refractivity contribution in [2.75, 3.05) is 20.2 Å². The van der Waals surface area contributed by atoms with Crippen LogP contribution in [-0.2, 0) is 4.79 Å². The van der Waals surface area contributed by atoms with Gasteiger partial charge in [0.2, 0.25) is 0 Å². The monoisotopic (exact) mass is 448 g/mol. The molecule has 1 saturated heterocycles. The Balaban J connectivity index is 1.52. The number of aliphatic hydroxyl groups is 2. The van der Waals surface area contributed by atoms with Crippen molar-refractivity contribution in [1.82, 2.24) is 20.1 Å². The van der Waals surface area contributed by atoms with Gasteiger partial charge in [-0.1, -0.05) is 37.3 Å². The number of ether oxygens (including phenoxy) is 1. The number of likely N-dealkylation sites (tertiary alicyclic amines) is 1. The number of aliphatic hydroxyl groups excluding tert-OH is 2. The van der Waals surface area contributed by atoms with Gasteiger partial charge in [-0.2, -0.15) is 5.10 Å². The first-order chi connectivity index (χ1) is 15.9. The predicted octanol–water partition coefficient (Wildman–Crippen LogP) is 2.79. The van der Waals surface area contributed by atoms with Crippen LogP contribution in [0.25, 0.3) is 27.9 Å². The van der Waals surface area contributed by atoms with E-state index in [2.05, 4.69) is 15.2 Å². The largest absolute Gasteiger partial charge is 0.496 e. The molecule has 33 heavy (non-hydrogen) atoms. The van der Waals surface area contributed by atoms with Crippen molar-refractivity contribution < 1.29 is 19.7 Å². The van der Waals surface area contributed by atoms with Crippen molar-refractivity contribution in [3.63, 3.8) is 0 Å². The number of amides is 1. The Labute approximate surface area is 192 Å². The lowest BCUT2D eigenvalue weighted by Crippen LogP contribution is -2.57. The van der Waals surface area contributed by atoms with Gasteiger partial charge in [-0.25, -0.2) is 4.98 Å². The highest BCUT2D eigenvalue weighted by atomic mass is 16.5. The molecule has 8 nitrogen and oxygen atoms in total. The molecule has 3 heterocycles. The van der Waals surface area contributed by atoms with Gasteiger partial charge in [0.1, 0.15) is 11.9 Å². The third kappa shape index (κ3) is 4.67. The molecule has 1 fully saturated rings. The summed E-state index contributed by atoms with van der Waals surface area (Å²) in [7, 11) is 1.64. The van der Waals surface area contributed by atoms with Crippen molar-refractivity contribution >= 4 is 22.5 Å². The van der Waals surface area contributed by atoms with Gasteiger partial charge in [0.15, 0.2) is 5.65 Å². The average molecular weight is 449 g/mol. The average Bonchev–Trinajstić information content (AvgIpc) is 3.24. The Kier molecular flexibility index (Phi) is 6.57. The molecular weight excluding hydrogens is 420 g/mol. The molecule has 172 valence electrons. The Bertz CT molecular complexity index is 1210. The molecule has 1 aromatic carbocycles. The summed E-state index contributed by atoms with van der Waals surface area (Å²) in [6, 6.07) is 9.77. The second-order valence-electron chi connectivity index (χ2n) is 8.33.